The predicted octanol–water partition coefficient (Wildman–Crippen LogP) is 4.08. The lowest BCUT2D eigenvalue weighted by atomic mass is 9.85. The van der Waals surface area contributed by atoms with Gasteiger partial charge in [0.1, 0.15) is 0 Å². The first-order valence-electron chi connectivity index (χ1n) is 6.87. The maximum atomic E-state index is 2.76. The van der Waals surface area contributed by atoms with Crippen LogP contribution in [0.15, 0.2) is 0 Å². The number of nitrogens with zero attached hydrogens (tertiary/aromatic N) is 1. The van der Waals surface area contributed by atoms with E-state index in [0.29, 0.717) is 5.54 Å². The van der Waals surface area contributed by atoms with Crippen molar-refractivity contribution < 1.29 is 0 Å². The Morgan fingerprint density at radius 3 is 1.93 bits per heavy atom. The SMILES string of the molecule is CCCC(C)(CCC)N1CCC(C)CC1. The standard InChI is InChI=1S/C14H29N/c1-5-9-14(4,10-6-2)15-11-7-13(3)8-12-15/h13H,5-12H2,1-4H3. The summed E-state index contributed by atoms with van der Waals surface area (Å²) in [6.45, 7) is 12.2. The molecule has 0 spiro atoms. The molecule has 1 nitrogen and oxygen atoms in total. The lowest BCUT2D eigenvalue weighted by Gasteiger charge is -2.45. The molecule has 1 saturated heterocycles. The lowest BCUT2D eigenvalue weighted by molar-refractivity contribution is 0.0503. The summed E-state index contributed by atoms with van der Waals surface area (Å²) in [4.78, 5) is 2.76. The fraction of sp³-hybridized carbons (Fsp3) is 1.00. The second-order valence-corrected chi connectivity index (χ2v) is 5.67. The highest BCUT2D eigenvalue weighted by molar-refractivity contribution is 4.88. The van der Waals surface area contributed by atoms with E-state index in [1.807, 2.05) is 0 Å². The monoisotopic (exact) mass is 211 g/mol. The highest BCUT2D eigenvalue weighted by Gasteiger charge is 2.31. The van der Waals surface area contributed by atoms with Crippen LogP contribution in [0, 0.1) is 5.92 Å². The first kappa shape index (κ1) is 13.0. The first-order chi connectivity index (χ1) is 7.12. The van der Waals surface area contributed by atoms with Crippen LogP contribution in [-0.4, -0.2) is 23.5 Å². The fourth-order valence-electron chi connectivity index (χ4n) is 3.07. The van der Waals surface area contributed by atoms with Crippen LogP contribution in [0.4, 0.5) is 0 Å². The summed E-state index contributed by atoms with van der Waals surface area (Å²) < 4.78 is 0. The quantitative estimate of drug-likeness (QED) is 0.662. The van der Waals surface area contributed by atoms with E-state index < -0.39 is 0 Å². The zero-order chi connectivity index (χ0) is 11.3. The Bertz CT molecular complexity index is 162. The normalized spacial score (nSPS) is 20.8. The molecular weight excluding hydrogens is 182 g/mol. The van der Waals surface area contributed by atoms with Crippen LogP contribution >= 0.6 is 0 Å². The van der Waals surface area contributed by atoms with Gasteiger partial charge in [0.15, 0.2) is 0 Å². The van der Waals surface area contributed by atoms with Gasteiger partial charge in [0.25, 0.3) is 0 Å². The van der Waals surface area contributed by atoms with Crippen LogP contribution in [0.3, 0.4) is 0 Å². The van der Waals surface area contributed by atoms with Crippen molar-refractivity contribution in [1.29, 1.82) is 0 Å². The van der Waals surface area contributed by atoms with Gasteiger partial charge in [-0.25, -0.2) is 0 Å². The second-order valence-electron chi connectivity index (χ2n) is 5.67. The smallest absolute Gasteiger partial charge is 0.0181 e. The van der Waals surface area contributed by atoms with Gasteiger partial charge in [-0.05, 0) is 51.6 Å². The van der Waals surface area contributed by atoms with Gasteiger partial charge < -0.3 is 0 Å². The summed E-state index contributed by atoms with van der Waals surface area (Å²) in [5, 5.41) is 0. The molecule has 1 heteroatoms. The summed E-state index contributed by atoms with van der Waals surface area (Å²) in [5.74, 6) is 0.953. The molecule has 0 saturated carbocycles. The van der Waals surface area contributed by atoms with E-state index in [1.165, 1.54) is 51.6 Å². The van der Waals surface area contributed by atoms with Crippen LogP contribution in [0.25, 0.3) is 0 Å². The molecule has 1 aliphatic heterocycles. The summed E-state index contributed by atoms with van der Waals surface area (Å²) in [6.07, 6.45) is 8.20. The highest BCUT2D eigenvalue weighted by Crippen LogP contribution is 2.30. The van der Waals surface area contributed by atoms with E-state index in [9.17, 15) is 0 Å². The number of hydrogen-bond acceptors (Lipinski definition) is 1. The van der Waals surface area contributed by atoms with Gasteiger partial charge in [-0.1, -0.05) is 33.6 Å². The Labute approximate surface area is 96.2 Å². The van der Waals surface area contributed by atoms with Gasteiger partial charge in [0.2, 0.25) is 0 Å². The molecular formula is C14H29N. The Hall–Kier alpha value is -0.0400. The van der Waals surface area contributed by atoms with Crippen molar-refractivity contribution in [2.45, 2.75) is 71.8 Å². The highest BCUT2D eigenvalue weighted by atomic mass is 15.2. The Morgan fingerprint density at radius 1 is 1.07 bits per heavy atom. The molecule has 90 valence electrons. The van der Waals surface area contributed by atoms with Crippen LogP contribution in [0.2, 0.25) is 0 Å². The van der Waals surface area contributed by atoms with Crippen molar-refractivity contribution in [2.24, 2.45) is 5.92 Å². The zero-order valence-electron chi connectivity index (χ0n) is 11.2. The van der Waals surface area contributed by atoms with E-state index in [0.717, 1.165) is 5.92 Å². The average molecular weight is 211 g/mol. The molecule has 0 amide bonds. The van der Waals surface area contributed by atoms with Crippen molar-refractivity contribution in [3.05, 3.63) is 0 Å². The number of likely N-dealkylation sites (tertiary alicyclic amines) is 1. The van der Waals surface area contributed by atoms with Crippen LogP contribution in [0.1, 0.15) is 66.2 Å². The molecule has 0 N–H and O–H groups in total. The third kappa shape index (κ3) is 3.48. The van der Waals surface area contributed by atoms with Crippen molar-refractivity contribution in [2.75, 3.05) is 13.1 Å². The summed E-state index contributed by atoms with van der Waals surface area (Å²) in [5.41, 5.74) is 0.490. The topological polar surface area (TPSA) is 3.24 Å². The van der Waals surface area contributed by atoms with E-state index in [1.54, 1.807) is 0 Å². The van der Waals surface area contributed by atoms with Gasteiger partial charge >= 0.3 is 0 Å². The van der Waals surface area contributed by atoms with Crippen molar-refractivity contribution in [3.8, 4) is 0 Å². The molecule has 0 bridgehead atoms. The number of hydrogen-bond donors (Lipinski definition) is 0. The maximum Gasteiger partial charge on any atom is 0.0181 e. The Balaban J connectivity index is 2.55. The summed E-state index contributed by atoms with van der Waals surface area (Å²) in [6, 6.07) is 0. The second kappa shape index (κ2) is 5.89. The minimum atomic E-state index is 0.490. The van der Waals surface area contributed by atoms with E-state index in [-0.39, 0.29) is 0 Å². The third-order valence-electron chi connectivity index (χ3n) is 4.12. The lowest BCUT2D eigenvalue weighted by Crippen LogP contribution is -2.49. The van der Waals surface area contributed by atoms with E-state index >= 15 is 0 Å². The minimum Gasteiger partial charge on any atom is -0.298 e. The van der Waals surface area contributed by atoms with Crippen molar-refractivity contribution in [3.63, 3.8) is 0 Å². The molecule has 15 heavy (non-hydrogen) atoms. The molecule has 0 aromatic carbocycles. The molecule has 0 aromatic heterocycles. The largest absolute Gasteiger partial charge is 0.298 e. The summed E-state index contributed by atoms with van der Waals surface area (Å²) in [7, 11) is 0. The van der Waals surface area contributed by atoms with Gasteiger partial charge in [-0.3, -0.25) is 4.90 Å². The van der Waals surface area contributed by atoms with Crippen LogP contribution in [0.5, 0.6) is 0 Å². The molecule has 0 radical (unpaired) electrons. The number of piperidine rings is 1. The Kier molecular flexibility index (Phi) is 5.11. The Morgan fingerprint density at radius 2 is 1.53 bits per heavy atom. The molecule has 0 aromatic rings. The fourth-order valence-corrected chi connectivity index (χ4v) is 3.07. The molecule has 1 heterocycles. The molecule has 1 fully saturated rings. The zero-order valence-corrected chi connectivity index (χ0v) is 11.2. The van der Waals surface area contributed by atoms with Crippen LogP contribution in [-0.2, 0) is 0 Å². The molecule has 0 unspecified atom stereocenters. The molecule has 0 atom stereocenters. The predicted molar refractivity (Wildman–Crippen MR) is 68.2 cm³/mol. The van der Waals surface area contributed by atoms with Gasteiger partial charge in [-0.2, -0.15) is 0 Å². The first-order valence-corrected chi connectivity index (χ1v) is 6.87. The molecule has 1 aliphatic rings. The number of rotatable bonds is 5. The van der Waals surface area contributed by atoms with Crippen molar-refractivity contribution >= 4 is 0 Å². The van der Waals surface area contributed by atoms with E-state index in [2.05, 4.69) is 32.6 Å². The van der Waals surface area contributed by atoms with Gasteiger partial charge in [0.05, 0.1) is 0 Å². The summed E-state index contributed by atoms with van der Waals surface area (Å²) >= 11 is 0. The third-order valence-corrected chi connectivity index (χ3v) is 4.12. The van der Waals surface area contributed by atoms with E-state index in [4.69, 9.17) is 0 Å². The van der Waals surface area contributed by atoms with Crippen LogP contribution < -0.4 is 0 Å². The molecule has 0 aliphatic carbocycles. The molecule has 1 rings (SSSR count). The van der Waals surface area contributed by atoms with Gasteiger partial charge in [-0.15, -0.1) is 0 Å². The minimum absolute atomic E-state index is 0.490. The maximum absolute atomic E-state index is 2.76. The average Bonchev–Trinajstić information content (AvgIpc) is 2.19. The van der Waals surface area contributed by atoms with Crippen molar-refractivity contribution in [1.82, 2.24) is 4.90 Å². The van der Waals surface area contributed by atoms with Gasteiger partial charge in [0, 0.05) is 5.54 Å².